The Balaban J connectivity index is 1.92. The summed E-state index contributed by atoms with van der Waals surface area (Å²) in [7, 11) is 0. The summed E-state index contributed by atoms with van der Waals surface area (Å²) >= 11 is 0. The Kier molecular flexibility index (Phi) is 6.48. The van der Waals surface area contributed by atoms with E-state index < -0.39 is 0 Å². The molecule has 0 aliphatic carbocycles. The van der Waals surface area contributed by atoms with Crippen LogP contribution in [0.15, 0.2) is 24.3 Å². The predicted octanol–water partition coefficient (Wildman–Crippen LogP) is 3.74. The van der Waals surface area contributed by atoms with Gasteiger partial charge in [-0.3, -0.25) is 0 Å². The number of hydrogen-bond acceptors (Lipinski definition) is 2. The summed E-state index contributed by atoms with van der Waals surface area (Å²) in [5, 5.41) is 3.56. The van der Waals surface area contributed by atoms with E-state index in [1.54, 1.807) is 6.07 Å². The summed E-state index contributed by atoms with van der Waals surface area (Å²) in [6, 6.07) is 7.31. The molecule has 2 rings (SSSR count). The molecule has 1 fully saturated rings. The zero-order valence-corrected chi connectivity index (χ0v) is 12.6. The minimum Gasteiger partial charge on any atom is -0.310 e. The summed E-state index contributed by atoms with van der Waals surface area (Å²) in [4.78, 5) is 2.55. The van der Waals surface area contributed by atoms with Gasteiger partial charge in [0, 0.05) is 6.04 Å². The molecule has 1 aromatic rings. The average Bonchev–Trinajstić information content (AvgIpc) is 2.48. The Morgan fingerprint density at radius 1 is 1.25 bits per heavy atom. The highest BCUT2D eigenvalue weighted by Gasteiger charge is 2.15. The number of nitrogens with zero attached hydrogens (tertiary/aromatic N) is 1. The Hall–Kier alpha value is -0.930. The standard InChI is InChI=1S/C17H27FN2/c1-2-10-19-17(15-7-6-8-16(18)14-15)9-13-20-11-4-3-5-12-20/h6-8,14,17,19H,2-5,9-13H2,1H3. The van der Waals surface area contributed by atoms with Crippen molar-refractivity contribution >= 4 is 0 Å². The van der Waals surface area contributed by atoms with Gasteiger partial charge in [-0.2, -0.15) is 0 Å². The van der Waals surface area contributed by atoms with Crippen LogP contribution in [0.3, 0.4) is 0 Å². The number of likely N-dealkylation sites (tertiary alicyclic amines) is 1. The first-order valence-corrected chi connectivity index (χ1v) is 8.01. The van der Waals surface area contributed by atoms with Crippen LogP contribution in [-0.2, 0) is 0 Å². The van der Waals surface area contributed by atoms with E-state index in [0.29, 0.717) is 0 Å². The molecule has 1 saturated heterocycles. The van der Waals surface area contributed by atoms with Gasteiger partial charge in [-0.25, -0.2) is 4.39 Å². The van der Waals surface area contributed by atoms with Crippen LogP contribution in [0.4, 0.5) is 4.39 Å². The molecular weight excluding hydrogens is 251 g/mol. The van der Waals surface area contributed by atoms with Crippen molar-refractivity contribution in [1.82, 2.24) is 10.2 Å². The molecule has 1 aliphatic rings. The Morgan fingerprint density at radius 3 is 2.75 bits per heavy atom. The topological polar surface area (TPSA) is 15.3 Å². The van der Waals surface area contributed by atoms with E-state index in [1.165, 1.54) is 38.4 Å². The third-order valence-electron chi connectivity index (χ3n) is 4.07. The molecular formula is C17H27FN2. The largest absolute Gasteiger partial charge is 0.310 e. The highest BCUT2D eigenvalue weighted by molar-refractivity contribution is 5.20. The van der Waals surface area contributed by atoms with Crippen molar-refractivity contribution in [3.05, 3.63) is 35.6 Å². The quantitative estimate of drug-likeness (QED) is 0.817. The van der Waals surface area contributed by atoms with Gasteiger partial charge in [-0.15, -0.1) is 0 Å². The molecule has 1 N–H and O–H groups in total. The van der Waals surface area contributed by atoms with Crippen molar-refractivity contribution in [3.63, 3.8) is 0 Å². The number of benzene rings is 1. The summed E-state index contributed by atoms with van der Waals surface area (Å²) in [5.74, 6) is -0.135. The monoisotopic (exact) mass is 278 g/mol. The molecule has 0 spiro atoms. The minimum atomic E-state index is -0.135. The van der Waals surface area contributed by atoms with E-state index in [4.69, 9.17) is 0 Å². The van der Waals surface area contributed by atoms with E-state index in [9.17, 15) is 4.39 Å². The molecule has 0 bridgehead atoms. The summed E-state index contributed by atoms with van der Waals surface area (Å²) in [6.07, 6.45) is 6.19. The zero-order valence-electron chi connectivity index (χ0n) is 12.6. The maximum absolute atomic E-state index is 13.4. The second-order valence-electron chi connectivity index (χ2n) is 5.75. The molecule has 0 aromatic heterocycles. The maximum Gasteiger partial charge on any atom is 0.123 e. The van der Waals surface area contributed by atoms with Crippen LogP contribution >= 0.6 is 0 Å². The number of rotatable bonds is 7. The van der Waals surface area contributed by atoms with Gasteiger partial charge in [-0.1, -0.05) is 25.5 Å². The van der Waals surface area contributed by atoms with E-state index >= 15 is 0 Å². The first-order valence-electron chi connectivity index (χ1n) is 8.01. The van der Waals surface area contributed by atoms with Crippen LogP contribution in [0.5, 0.6) is 0 Å². The van der Waals surface area contributed by atoms with Crippen LogP contribution < -0.4 is 5.32 Å². The lowest BCUT2D eigenvalue weighted by atomic mass is 10.0. The molecule has 1 heterocycles. The Labute approximate surface area is 122 Å². The number of piperidine rings is 1. The molecule has 0 saturated carbocycles. The van der Waals surface area contributed by atoms with Crippen molar-refractivity contribution in [3.8, 4) is 0 Å². The van der Waals surface area contributed by atoms with E-state index in [-0.39, 0.29) is 11.9 Å². The number of nitrogens with one attached hydrogen (secondary N) is 1. The first-order chi connectivity index (χ1) is 9.79. The van der Waals surface area contributed by atoms with Crippen molar-refractivity contribution < 1.29 is 4.39 Å². The molecule has 0 amide bonds. The van der Waals surface area contributed by atoms with Gasteiger partial charge in [0.15, 0.2) is 0 Å². The summed E-state index contributed by atoms with van der Waals surface area (Å²) in [6.45, 7) is 6.71. The van der Waals surface area contributed by atoms with Crippen molar-refractivity contribution in [2.45, 2.75) is 45.1 Å². The highest BCUT2D eigenvalue weighted by Crippen LogP contribution is 2.19. The zero-order chi connectivity index (χ0) is 14.2. The SMILES string of the molecule is CCCNC(CCN1CCCCC1)c1cccc(F)c1. The second kappa shape index (κ2) is 8.38. The molecule has 1 unspecified atom stereocenters. The second-order valence-corrected chi connectivity index (χ2v) is 5.75. The molecule has 20 heavy (non-hydrogen) atoms. The van der Waals surface area contributed by atoms with Gasteiger partial charge in [0.1, 0.15) is 5.82 Å². The summed E-state index contributed by atoms with van der Waals surface area (Å²) < 4.78 is 13.4. The molecule has 1 atom stereocenters. The smallest absolute Gasteiger partial charge is 0.123 e. The van der Waals surface area contributed by atoms with Crippen LogP contribution in [0.1, 0.15) is 50.6 Å². The van der Waals surface area contributed by atoms with Gasteiger partial charge in [-0.05, 0) is 69.6 Å². The van der Waals surface area contributed by atoms with Crippen LogP contribution in [0.2, 0.25) is 0 Å². The fourth-order valence-corrected chi connectivity index (χ4v) is 2.92. The Morgan fingerprint density at radius 2 is 2.05 bits per heavy atom. The predicted molar refractivity (Wildman–Crippen MR) is 82.3 cm³/mol. The van der Waals surface area contributed by atoms with Crippen molar-refractivity contribution in [2.75, 3.05) is 26.2 Å². The van der Waals surface area contributed by atoms with Crippen LogP contribution in [-0.4, -0.2) is 31.1 Å². The van der Waals surface area contributed by atoms with Crippen molar-refractivity contribution in [1.29, 1.82) is 0 Å². The first kappa shape index (κ1) is 15.5. The van der Waals surface area contributed by atoms with Gasteiger partial charge in [0.25, 0.3) is 0 Å². The lowest BCUT2D eigenvalue weighted by Gasteiger charge is -2.28. The molecule has 0 radical (unpaired) electrons. The maximum atomic E-state index is 13.4. The fourth-order valence-electron chi connectivity index (χ4n) is 2.92. The van der Waals surface area contributed by atoms with Crippen LogP contribution in [0, 0.1) is 5.82 Å². The average molecular weight is 278 g/mol. The summed E-state index contributed by atoms with van der Waals surface area (Å²) in [5.41, 5.74) is 1.08. The molecule has 1 aliphatic heterocycles. The number of halogens is 1. The molecule has 3 heteroatoms. The third-order valence-corrected chi connectivity index (χ3v) is 4.07. The highest BCUT2D eigenvalue weighted by atomic mass is 19.1. The van der Waals surface area contributed by atoms with Gasteiger partial charge in [0.05, 0.1) is 0 Å². The van der Waals surface area contributed by atoms with E-state index in [0.717, 1.165) is 31.5 Å². The van der Waals surface area contributed by atoms with E-state index in [2.05, 4.69) is 17.1 Å². The van der Waals surface area contributed by atoms with Crippen LogP contribution in [0.25, 0.3) is 0 Å². The number of hydrogen-bond donors (Lipinski definition) is 1. The van der Waals surface area contributed by atoms with Gasteiger partial charge < -0.3 is 10.2 Å². The fraction of sp³-hybridized carbons (Fsp3) is 0.647. The van der Waals surface area contributed by atoms with Gasteiger partial charge in [0.2, 0.25) is 0 Å². The molecule has 1 aromatic carbocycles. The van der Waals surface area contributed by atoms with Crippen molar-refractivity contribution in [2.24, 2.45) is 0 Å². The lowest BCUT2D eigenvalue weighted by molar-refractivity contribution is 0.217. The third kappa shape index (κ3) is 4.88. The lowest BCUT2D eigenvalue weighted by Crippen LogP contribution is -2.33. The van der Waals surface area contributed by atoms with Gasteiger partial charge >= 0.3 is 0 Å². The van der Waals surface area contributed by atoms with E-state index in [1.807, 2.05) is 12.1 Å². The minimum absolute atomic E-state index is 0.135. The molecule has 112 valence electrons. The normalized spacial score (nSPS) is 18.1. The molecule has 2 nitrogen and oxygen atoms in total. The Bertz CT molecular complexity index is 388.